The molecule has 8 nitrogen and oxygen atoms in total. The van der Waals surface area contributed by atoms with E-state index in [1.807, 2.05) is 17.0 Å². The van der Waals surface area contributed by atoms with E-state index in [9.17, 15) is 9.59 Å². The summed E-state index contributed by atoms with van der Waals surface area (Å²) in [6.45, 7) is 1.19. The summed E-state index contributed by atoms with van der Waals surface area (Å²) in [5.41, 5.74) is 2.83. The van der Waals surface area contributed by atoms with Gasteiger partial charge >= 0.3 is 0 Å². The van der Waals surface area contributed by atoms with Gasteiger partial charge in [-0.2, -0.15) is 0 Å². The summed E-state index contributed by atoms with van der Waals surface area (Å²) >= 11 is 0. The molecule has 0 bridgehead atoms. The van der Waals surface area contributed by atoms with Crippen LogP contribution in [-0.4, -0.2) is 60.0 Å². The van der Waals surface area contributed by atoms with Crippen LogP contribution in [0.15, 0.2) is 42.7 Å². The number of ether oxygens (including phenoxy) is 2. The van der Waals surface area contributed by atoms with Crippen molar-refractivity contribution in [2.75, 3.05) is 27.3 Å². The van der Waals surface area contributed by atoms with Gasteiger partial charge in [0.2, 0.25) is 0 Å². The van der Waals surface area contributed by atoms with Crippen molar-refractivity contribution in [1.82, 2.24) is 20.2 Å². The molecule has 2 heterocycles. The Balaban J connectivity index is 1.35. The molecule has 2 amide bonds. The maximum Gasteiger partial charge on any atom is 0.253 e. The van der Waals surface area contributed by atoms with Crippen LogP contribution >= 0.6 is 0 Å². The van der Waals surface area contributed by atoms with E-state index in [4.69, 9.17) is 9.47 Å². The van der Waals surface area contributed by atoms with Gasteiger partial charge in [-0.15, -0.1) is 0 Å². The number of likely N-dealkylation sites (tertiary alicyclic amines) is 1. The Morgan fingerprint density at radius 1 is 1.03 bits per heavy atom. The normalized spacial score (nSPS) is 14.5. The molecule has 2 N–H and O–H groups in total. The van der Waals surface area contributed by atoms with E-state index in [-0.39, 0.29) is 17.9 Å². The first kappa shape index (κ1) is 19.8. The fraction of sp³-hybridized carbons (Fsp3) is 0.318. The topological polar surface area (TPSA) is 96.5 Å². The molecule has 3 aromatic rings. The zero-order valence-corrected chi connectivity index (χ0v) is 17.0. The van der Waals surface area contributed by atoms with Crippen LogP contribution in [0.5, 0.6) is 11.5 Å². The summed E-state index contributed by atoms with van der Waals surface area (Å²) in [5, 5.41) is 3.06. The number of H-pyrrole nitrogens is 1. The Bertz CT molecular complexity index is 1070. The van der Waals surface area contributed by atoms with Gasteiger partial charge in [0.05, 0.1) is 31.6 Å². The molecule has 2 aromatic carbocycles. The summed E-state index contributed by atoms with van der Waals surface area (Å²) in [6, 6.07) is 10.6. The van der Waals surface area contributed by atoms with E-state index >= 15 is 0 Å². The van der Waals surface area contributed by atoms with Gasteiger partial charge in [0.25, 0.3) is 11.8 Å². The number of carbonyl (C=O) groups is 2. The highest BCUT2D eigenvalue weighted by Crippen LogP contribution is 2.27. The van der Waals surface area contributed by atoms with Crippen molar-refractivity contribution in [3.05, 3.63) is 53.9 Å². The van der Waals surface area contributed by atoms with Crippen LogP contribution in [-0.2, 0) is 0 Å². The van der Waals surface area contributed by atoms with E-state index in [2.05, 4.69) is 15.3 Å². The quantitative estimate of drug-likeness (QED) is 0.677. The molecule has 1 fully saturated rings. The first-order valence-corrected chi connectivity index (χ1v) is 9.84. The molecule has 0 aliphatic carbocycles. The van der Waals surface area contributed by atoms with Crippen molar-refractivity contribution in [3.8, 4) is 11.5 Å². The van der Waals surface area contributed by atoms with Gasteiger partial charge in [-0.25, -0.2) is 4.98 Å². The largest absolute Gasteiger partial charge is 0.493 e. The second-order valence-corrected chi connectivity index (χ2v) is 7.24. The fourth-order valence-electron chi connectivity index (χ4n) is 3.72. The molecule has 1 saturated heterocycles. The molecule has 0 saturated carbocycles. The molecule has 0 radical (unpaired) electrons. The summed E-state index contributed by atoms with van der Waals surface area (Å²) in [7, 11) is 3.09. The monoisotopic (exact) mass is 408 g/mol. The first-order valence-electron chi connectivity index (χ1n) is 9.84. The van der Waals surface area contributed by atoms with Gasteiger partial charge in [-0.05, 0) is 49.2 Å². The Morgan fingerprint density at radius 3 is 2.50 bits per heavy atom. The van der Waals surface area contributed by atoms with E-state index in [0.29, 0.717) is 48.6 Å². The van der Waals surface area contributed by atoms with Crippen LogP contribution in [0.25, 0.3) is 11.0 Å². The number of nitrogens with zero attached hydrogens (tertiary/aromatic N) is 2. The molecule has 30 heavy (non-hydrogen) atoms. The molecule has 1 aliphatic rings. The van der Waals surface area contributed by atoms with Crippen molar-refractivity contribution >= 4 is 22.8 Å². The minimum Gasteiger partial charge on any atom is -0.493 e. The number of aromatic amines is 1. The number of carbonyl (C=O) groups excluding carboxylic acids is 2. The number of nitrogens with one attached hydrogen (secondary N) is 2. The van der Waals surface area contributed by atoms with Crippen LogP contribution in [0.3, 0.4) is 0 Å². The van der Waals surface area contributed by atoms with Gasteiger partial charge in [0.1, 0.15) is 0 Å². The minimum absolute atomic E-state index is 0.00355. The minimum atomic E-state index is -0.162. The van der Waals surface area contributed by atoms with Gasteiger partial charge in [-0.1, -0.05) is 0 Å². The number of imidazole rings is 1. The summed E-state index contributed by atoms with van der Waals surface area (Å²) in [4.78, 5) is 34.5. The number of amides is 2. The van der Waals surface area contributed by atoms with Gasteiger partial charge in [0.15, 0.2) is 11.5 Å². The van der Waals surface area contributed by atoms with E-state index in [1.165, 1.54) is 7.11 Å². The lowest BCUT2D eigenvalue weighted by Gasteiger charge is -2.32. The summed E-state index contributed by atoms with van der Waals surface area (Å²) < 4.78 is 10.5. The van der Waals surface area contributed by atoms with Crippen molar-refractivity contribution in [2.45, 2.75) is 18.9 Å². The third-order valence-corrected chi connectivity index (χ3v) is 5.43. The van der Waals surface area contributed by atoms with Crippen LogP contribution in [0.1, 0.15) is 33.6 Å². The molecule has 0 atom stereocenters. The number of hydrogen-bond donors (Lipinski definition) is 2. The van der Waals surface area contributed by atoms with Crippen molar-refractivity contribution in [1.29, 1.82) is 0 Å². The highest BCUT2D eigenvalue weighted by atomic mass is 16.5. The van der Waals surface area contributed by atoms with E-state index in [0.717, 1.165) is 11.0 Å². The molecule has 1 aromatic heterocycles. The second kappa shape index (κ2) is 8.44. The highest BCUT2D eigenvalue weighted by Gasteiger charge is 2.25. The summed E-state index contributed by atoms with van der Waals surface area (Å²) in [6.07, 6.45) is 3.03. The number of rotatable bonds is 5. The molecule has 156 valence electrons. The Kier molecular flexibility index (Phi) is 5.56. The highest BCUT2D eigenvalue weighted by molar-refractivity contribution is 5.97. The zero-order chi connectivity index (χ0) is 21.1. The molecule has 4 rings (SSSR count). The molecule has 0 spiro atoms. The average Bonchev–Trinajstić information content (AvgIpc) is 3.26. The Hall–Kier alpha value is -3.55. The van der Waals surface area contributed by atoms with Gasteiger partial charge in [-0.3, -0.25) is 9.59 Å². The van der Waals surface area contributed by atoms with Gasteiger partial charge < -0.3 is 24.7 Å². The number of methoxy groups -OCH3 is 2. The van der Waals surface area contributed by atoms with Crippen molar-refractivity contribution < 1.29 is 19.1 Å². The molecular formula is C22H24N4O4. The van der Waals surface area contributed by atoms with Crippen LogP contribution in [0.2, 0.25) is 0 Å². The number of benzene rings is 2. The van der Waals surface area contributed by atoms with E-state index < -0.39 is 0 Å². The first-order chi connectivity index (χ1) is 14.6. The number of aromatic nitrogens is 2. The predicted octanol–water partition coefficient (Wildman–Crippen LogP) is 2.61. The molecular weight excluding hydrogens is 384 g/mol. The zero-order valence-electron chi connectivity index (χ0n) is 17.0. The maximum absolute atomic E-state index is 12.8. The average molecular weight is 408 g/mol. The SMILES string of the molecule is COc1ccc(C(=O)NC2CCN(C(=O)c3ccc4nc[nH]c4c3)CC2)cc1OC. The van der Waals surface area contributed by atoms with Crippen LogP contribution in [0, 0.1) is 0 Å². The van der Waals surface area contributed by atoms with Gasteiger partial charge in [0, 0.05) is 30.3 Å². The smallest absolute Gasteiger partial charge is 0.253 e. The molecule has 1 aliphatic heterocycles. The lowest BCUT2D eigenvalue weighted by atomic mass is 10.0. The second-order valence-electron chi connectivity index (χ2n) is 7.24. The maximum atomic E-state index is 12.8. The van der Waals surface area contributed by atoms with Crippen molar-refractivity contribution in [2.24, 2.45) is 0 Å². The standard InChI is InChI=1S/C22H24N4O4/c1-29-19-6-4-14(12-20(19)30-2)21(27)25-16-7-9-26(10-8-16)22(28)15-3-5-17-18(11-15)24-13-23-17/h3-6,11-13,16H,7-10H2,1-2H3,(H,23,24)(H,25,27). The Morgan fingerprint density at radius 2 is 1.77 bits per heavy atom. The lowest BCUT2D eigenvalue weighted by molar-refractivity contribution is 0.0698. The number of fused-ring (bicyclic) bond motifs is 1. The summed E-state index contributed by atoms with van der Waals surface area (Å²) in [5.74, 6) is 0.926. The number of piperidine rings is 1. The number of hydrogen-bond acceptors (Lipinski definition) is 5. The Labute approximate surface area is 174 Å². The van der Waals surface area contributed by atoms with E-state index in [1.54, 1.807) is 37.7 Å². The third kappa shape index (κ3) is 3.94. The lowest BCUT2D eigenvalue weighted by Crippen LogP contribution is -2.46. The third-order valence-electron chi connectivity index (χ3n) is 5.43. The fourth-order valence-corrected chi connectivity index (χ4v) is 3.72. The van der Waals surface area contributed by atoms with Crippen LogP contribution in [0.4, 0.5) is 0 Å². The molecule has 8 heteroatoms. The van der Waals surface area contributed by atoms with Crippen molar-refractivity contribution in [3.63, 3.8) is 0 Å². The molecule has 0 unspecified atom stereocenters. The predicted molar refractivity (Wildman–Crippen MR) is 112 cm³/mol. The van der Waals surface area contributed by atoms with Crippen LogP contribution < -0.4 is 14.8 Å².